The van der Waals surface area contributed by atoms with Gasteiger partial charge >= 0.3 is 5.97 Å². The van der Waals surface area contributed by atoms with E-state index >= 15 is 0 Å². The molecule has 0 aromatic heterocycles. The Morgan fingerprint density at radius 2 is 1.82 bits per heavy atom. The first-order valence-electron chi connectivity index (χ1n) is 16.3. The molecule has 6 rings (SSSR count). The number of aliphatic hydroxyl groups is 5. The summed E-state index contributed by atoms with van der Waals surface area (Å²) in [5.41, 5.74) is 1.89. The van der Waals surface area contributed by atoms with Gasteiger partial charge in [0.25, 0.3) is 0 Å². The first-order valence-corrected chi connectivity index (χ1v) is 16.3. The molecule has 1 saturated heterocycles. The van der Waals surface area contributed by atoms with Crippen LogP contribution in [0.15, 0.2) is 34.9 Å². The summed E-state index contributed by atoms with van der Waals surface area (Å²) in [7, 11) is 0. The number of allylic oxidation sites excluding steroid dienone is 4. The van der Waals surface area contributed by atoms with Gasteiger partial charge in [0.15, 0.2) is 12.1 Å². The smallest absolute Gasteiger partial charge is 0.336 e. The zero-order valence-corrected chi connectivity index (χ0v) is 25.9. The highest BCUT2D eigenvalue weighted by Gasteiger charge is 2.61. The molecule has 0 aromatic rings. The Hall–Kier alpha value is -1.92. The van der Waals surface area contributed by atoms with Gasteiger partial charge in [-0.3, -0.25) is 4.79 Å². The molecule has 10 nitrogen and oxygen atoms in total. The van der Waals surface area contributed by atoms with Gasteiger partial charge in [-0.25, -0.2) is 4.79 Å². The molecule has 2 saturated carbocycles. The maximum absolute atomic E-state index is 13.3. The number of esters is 1. The Morgan fingerprint density at radius 3 is 2.52 bits per heavy atom. The van der Waals surface area contributed by atoms with Crippen molar-refractivity contribution in [3.63, 3.8) is 0 Å². The molecule has 44 heavy (non-hydrogen) atoms. The maximum atomic E-state index is 13.3. The summed E-state index contributed by atoms with van der Waals surface area (Å²) in [6, 6.07) is 0. The highest BCUT2D eigenvalue weighted by Crippen LogP contribution is 2.66. The quantitative estimate of drug-likeness (QED) is 0.211. The van der Waals surface area contributed by atoms with E-state index < -0.39 is 54.8 Å². The van der Waals surface area contributed by atoms with Gasteiger partial charge in [-0.15, -0.1) is 0 Å². The number of aliphatic hydroxyl groups excluding tert-OH is 5. The molecule has 13 atom stereocenters. The van der Waals surface area contributed by atoms with Crippen LogP contribution in [-0.2, 0) is 23.8 Å². The minimum absolute atomic E-state index is 0.0274. The van der Waals surface area contributed by atoms with Gasteiger partial charge in [-0.2, -0.15) is 0 Å². The van der Waals surface area contributed by atoms with Crippen LogP contribution in [-0.4, -0.2) is 93.9 Å². The summed E-state index contributed by atoms with van der Waals surface area (Å²) in [6.45, 7) is 5.44. The molecule has 2 aliphatic heterocycles. The van der Waals surface area contributed by atoms with E-state index in [-0.39, 0.29) is 41.8 Å². The summed E-state index contributed by atoms with van der Waals surface area (Å²) in [5.74, 6) is 0.823. The van der Waals surface area contributed by atoms with Gasteiger partial charge in [-0.1, -0.05) is 30.2 Å². The number of fused-ring (bicyclic) bond motifs is 5. The summed E-state index contributed by atoms with van der Waals surface area (Å²) in [4.78, 5) is 26.5. The topological polar surface area (TPSA) is 163 Å². The molecule has 3 fully saturated rings. The van der Waals surface area contributed by atoms with Crippen molar-refractivity contribution < 1.29 is 49.3 Å². The average Bonchev–Trinajstić information content (AvgIpc) is 3.34. The summed E-state index contributed by atoms with van der Waals surface area (Å²) < 4.78 is 17.0. The van der Waals surface area contributed by atoms with Crippen LogP contribution in [0.3, 0.4) is 0 Å². The number of ether oxygens (including phenoxy) is 3. The Morgan fingerprint density at radius 1 is 1.05 bits per heavy atom. The van der Waals surface area contributed by atoms with Crippen LogP contribution < -0.4 is 0 Å². The summed E-state index contributed by atoms with van der Waals surface area (Å²) >= 11 is 0. The lowest BCUT2D eigenvalue weighted by Crippen LogP contribution is -2.59. The number of cyclic esters (lactones) is 1. The van der Waals surface area contributed by atoms with Crippen LogP contribution in [0.2, 0.25) is 0 Å². The zero-order valence-electron chi connectivity index (χ0n) is 25.9. The molecule has 244 valence electrons. The average molecular weight is 617 g/mol. The van der Waals surface area contributed by atoms with E-state index in [1.807, 2.05) is 13.0 Å². The van der Waals surface area contributed by atoms with Crippen LogP contribution in [0.4, 0.5) is 0 Å². The molecule has 0 amide bonds. The van der Waals surface area contributed by atoms with E-state index in [1.165, 1.54) is 5.57 Å². The van der Waals surface area contributed by atoms with Crippen LogP contribution in [0.1, 0.15) is 65.7 Å². The lowest BCUT2D eigenvalue weighted by atomic mass is 9.47. The number of carbonyl (C=O) groups is 2. The predicted octanol–water partition coefficient (Wildman–Crippen LogP) is 1.97. The second kappa shape index (κ2) is 12.0. The van der Waals surface area contributed by atoms with Crippen LogP contribution in [0, 0.1) is 40.4 Å². The van der Waals surface area contributed by atoms with Crippen LogP contribution >= 0.6 is 0 Å². The number of hydrogen-bond acceptors (Lipinski definition) is 10. The molecule has 0 spiro atoms. The maximum Gasteiger partial charge on any atom is 0.336 e. The number of carbonyl (C=O) groups excluding carboxylic acids is 2. The standard InChI is InChI=1S/C34H48O10/c1-17-13-25(43-31(41)21(17)16-42-32-30(40)29(39)28(38)26(15-36)44-32)20(14-35)23-10-9-22-19-8-7-18-5-4-6-27(37)34(18,3)24(19)11-12-33(22,23)2/h4,6-7,19-20,22-26,28-30,32,35-36,38-40H,5,8-16H2,1-3H3/t19?,20-,22?,23?,24?,25?,26-,28-,29-,30+,32-,33-,34-/m0/s1. The van der Waals surface area contributed by atoms with Crippen molar-refractivity contribution in [1.29, 1.82) is 0 Å². The third-order valence-corrected chi connectivity index (χ3v) is 12.6. The monoisotopic (exact) mass is 616 g/mol. The fourth-order valence-electron chi connectivity index (χ4n) is 10.1. The molecule has 0 aromatic carbocycles. The zero-order chi connectivity index (χ0) is 31.6. The highest BCUT2D eigenvalue weighted by molar-refractivity contribution is 5.98. The Bertz CT molecular complexity index is 1240. The first kappa shape index (κ1) is 32.0. The van der Waals surface area contributed by atoms with Crippen LogP contribution in [0.5, 0.6) is 0 Å². The molecule has 10 heteroatoms. The Kier molecular flexibility index (Phi) is 8.76. The van der Waals surface area contributed by atoms with Crippen molar-refractivity contribution in [3.05, 3.63) is 34.9 Å². The third kappa shape index (κ3) is 4.96. The number of rotatable bonds is 7. The van der Waals surface area contributed by atoms with E-state index in [0.717, 1.165) is 44.1 Å². The lowest BCUT2D eigenvalue weighted by molar-refractivity contribution is -0.299. The third-order valence-electron chi connectivity index (χ3n) is 12.6. The fourth-order valence-corrected chi connectivity index (χ4v) is 10.1. The van der Waals surface area contributed by atoms with E-state index in [0.29, 0.717) is 24.2 Å². The van der Waals surface area contributed by atoms with Gasteiger partial charge in [0, 0.05) is 18.9 Å². The predicted molar refractivity (Wildman–Crippen MR) is 158 cm³/mol. The molecular weight excluding hydrogens is 568 g/mol. The molecule has 6 aliphatic rings. The van der Waals surface area contributed by atoms with Crippen molar-refractivity contribution >= 4 is 11.8 Å². The van der Waals surface area contributed by atoms with Crippen molar-refractivity contribution in [2.75, 3.05) is 19.8 Å². The minimum atomic E-state index is -1.57. The fraction of sp³-hybridized carbons (Fsp3) is 0.765. The Labute approximate surface area is 258 Å². The summed E-state index contributed by atoms with van der Waals surface area (Å²) in [6.07, 6.45) is 4.76. The van der Waals surface area contributed by atoms with Crippen LogP contribution in [0.25, 0.3) is 0 Å². The molecule has 0 radical (unpaired) electrons. The van der Waals surface area contributed by atoms with Gasteiger partial charge < -0.3 is 39.7 Å². The van der Waals surface area contributed by atoms with Gasteiger partial charge in [0.1, 0.15) is 30.5 Å². The molecule has 5 N–H and O–H groups in total. The van der Waals surface area contributed by atoms with Crippen molar-refractivity contribution in [3.8, 4) is 0 Å². The molecular formula is C34H48O10. The lowest BCUT2D eigenvalue weighted by Gasteiger charge is -2.57. The second-order valence-electron chi connectivity index (χ2n) is 14.5. The van der Waals surface area contributed by atoms with Gasteiger partial charge in [0.05, 0.1) is 24.2 Å². The minimum Gasteiger partial charge on any atom is -0.458 e. The van der Waals surface area contributed by atoms with Crippen molar-refractivity contribution in [1.82, 2.24) is 0 Å². The van der Waals surface area contributed by atoms with Gasteiger partial charge in [-0.05, 0) is 87.5 Å². The van der Waals surface area contributed by atoms with E-state index in [9.17, 15) is 35.1 Å². The van der Waals surface area contributed by atoms with Crippen molar-refractivity contribution in [2.45, 2.75) is 103 Å². The SMILES string of the molecule is CC1=C(CO[C@H]2O[C@@H](CO)[C@H](O)[C@H](O)[C@H]2O)C(=O)OC([C@@H](CO)C2CCC3C4CC=C5CC=CC(=O)[C@]5(C)C4CC[C@@]32C)C1. The van der Waals surface area contributed by atoms with E-state index in [2.05, 4.69) is 19.9 Å². The molecule has 0 bridgehead atoms. The van der Waals surface area contributed by atoms with Crippen molar-refractivity contribution in [2.24, 2.45) is 40.4 Å². The number of ketones is 1. The summed E-state index contributed by atoms with van der Waals surface area (Å²) in [5, 5.41) is 50.6. The molecule has 2 heterocycles. The molecule has 5 unspecified atom stereocenters. The second-order valence-corrected chi connectivity index (χ2v) is 14.5. The first-order chi connectivity index (χ1) is 20.9. The Balaban J connectivity index is 1.15. The van der Waals surface area contributed by atoms with Gasteiger partial charge in [0.2, 0.25) is 0 Å². The van der Waals surface area contributed by atoms with E-state index in [4.69, 9.17) is 14.2 Å². The normalized spacial score (nSPS) is 46.1. The number of hydrogen-bond donors (Lipinski definition) is 5. The highest BCUT2D eigenvalue weighted by atomic mass is 16.7. The van der Waals surface area contributed by atoms with E-state index in [1.54, 1.807) is 6.08 Å². The molecule has 4 aliphatic carbocycles. The largest absolute Gasteiger partial charge is 0.458 e.